The molecule has 0 aliphatic carbocycles. The number of rotatable bonds is 6. The zero-order valence-corrected chi connectivity index (χ0v) is 10.8. The van der Waals surface area contributed by atoms with Crippen LogP contribution in [0.1, 0.15) is 52.9 Å². The van der Waals surface area contributed by atoms with E-state index in [1.165, 1.54) is 51.7 Å². The largest absolute Gasteiger partial charge is 0.311 e. The molecular weight excluding hydrogens is 184 g/mol. The molecule has 1 aliphatic heterocycles. The quantitative estimate of drug-likeness (QED) is 0.728. The third-order valence-corrected chi connectivity index (χ3v) is 3.64. The van der Waals surface area contributed by atoms with Crippen molar-refractivity contribution in [1.82, 2.24) is 10.2 Å². The van der Waals surface area contributed by atoms with Gasteiger partial charge in [0.05, 0.1) is 0 Å². The summed E-state index contributed by atoms with van der Waals surface area (Å²) in [7, 11) is 0. The number of nitrogens with one attached hydrogen (secondary N) is 1. The number of piperidine rings is 1. The predicted molar refractivity (Wildman–Crippen MR) is 67.3 cm³/mol. The second-order valence-electron chi connectivity index (χ2n) is 4.77. The molecule has 0 saturated carbocycles. The predicted octanol–water partition coefficient (Wildman–Crippen LogP) is 2.64. The summed E-state index contributed by atoms with van der Waals surface area (Å²) in [6.45, 7) is 10.6. The zero-order valence-electron chi connectivity index (χ0n) is 10.8. The number of hydrogen-bond donors (Lipinski definition) is 1. The summed E-state index contributed by atoms with van der Waals surface area (Å²) in [5, 5.41) is 3.82. The van der Waals surface area contributed by atoms with Gasteiger partial charge >= 0.3 is 0 Å². The Labute approximate surface area is 95.4 Å². The Morgan fingerprint density at radius 2 is 1.87 bits per heavy atom. The Balaban J connectivity index is 2.21. The molecule has 0 amide bonds. The van der Waals surface area contributed by atoms with Crippen molar-refractivity contribution >= 4 is 0 Å². The summed E-state index contributed by atoms with van der Waals surface area (Å²) in [4.78, 5) is 2.55. The molecule has 1 N–H and O–H groups in total. The van der Waals surface area contributed by atoms with Crippen LogP contribution in [0.3, 0.4) is 0 Å². The van der Waals surface area contributed by atoms with Crippen LogP contribution < -0.4 is 5.32 Å². The van der Waals surface area contributed by atoms with Crippen molar-refractivity contribution in [2.45, 2.75) is 65.0 Å². The molecule has 2 nitrogen and oxygen atoms in total. The molecule has 0 aromatic heterocycles. The molecule has 1 aliphatic rings. The van der Waals surface area contributed by atoms with Crippen LogP contribution in [0.5, 0.6) is 0 Å². The fraction of sp³-hybridized carbons (Fsp3) is 1.00. The van der Waals surface area contributed by atoms with Gasteiger partial charge in [0.15, 0.2) is 0 Å². The van der Waals surface area contributed by atoms with Gasteiger partial charge in [0.2, 0.25) is 0 Å². The molecule has 0 bridgehead atoms. The van der Waals surface area contributed by atoms with Crippen LogP contribution in [-0.4, -0.2) is 36.6 Å². The van der Waals surface area contributed by atoms with Crippen LogP contribution in [0.4, 0.5) is 0 Å². The van der Waals surface area contributed by atoms with Crippen molar-refractivity contribution < 1.29 is 0 Å². The van der Waals surface area contributed by atoms with E-state index in [4.69, 9.17) is 0 Å². The zero-order chi connectivity index (χ0) is 11.1. The Hall–Kier alpha value is -0.0800. The second kappa shape index (κ2) is 7.24. The maximum absolute atomic E-state index is 3.82. The van der Waals surface area contributed by atoms with Crippen molar-refractivity contribution in [2.75, 3.05) is 19.6 Å². The molecule has 1 unspecified atom stereocenters. The minimum atomic E-state index is 0.758. The van der Waals surface area contributed by atoms with Crippen molar-refractivity contribution in [2.24, 2.45) is 0 Å². The number of hydrogen-bond acceptors (Lipinski definition) is 2. The highest BCUT2D eigenvalue weighted by atomic mass is 15.1. The fourth-order valence-corrected chi connectivity index (χ4v) is 2.50. The summed E-state index contributed by atoms with van der Waals surface area (Å²) < 4.78 is 0. The van der Waals surface area contributed by atoms with E-state index in [9.17, 15) is 0 Å². The Morgan fingerprint density at radius 3 is 2.33 bits per heavy atom. The number of likely N-dealkylation sites (tertiary alicyclic amines) is 1. The minimum absolute atomic E-state index is 0.758. The Bertz CT molecular complexity index is 151. The molecule has 0 aromatic rings. The first-order valence-corrected chi connectivity index (χ1v) is 6.78. The summed E-state index contributed by atoms with van der Waals surface area (Å²) >= 11 is 0. The van der Waals surface area contributed by atoms with Crippen molar-refractivity contribution in [3.05, 3.63) is 0 Å². The van der Waals surface area contributed by atoms with Gasteiger partial charge in [-0.05, 0) is 45.3 Å². The molecule has 90 valence electrons. The van der Waals surface area contributed by atoms with E-state index in [0.717, 1.165) is 12.1 Å². The van der Waals surface area contributed by atoms with Gasteiger partial charge < -0.3 is 10.2 Å². The van der Waals surface area contributed by atoms with Gasteiger partial charge in [0.25, 0.3) is 0 Å². The van der Waals surface area contributed by atoms with E-state index < -0.39 is 0 Å². The Kier molecular flexibility index (Phi) is 6.26. The summed E-state index contributed by atoms with van der Waals surface area (Å²) in [6.07, 6.45) is 6.60. The van der Waals surface area contributed by atoms with Crippen LogP contribution in [-0.2, 0) is 0 Å². The van der Waals surface area contributed by atoms with Gasteiger partial charge in [-0.3, -0.25) is 0 Å². The molecule has 0 aromatic carbocycles. The van der Waals surface area contributed by atoms with E-state index in [1.54, 1.807) is 0 Å². The normalized spacial score (nSPS) is 21.8. The molecular formula is C13H28N2. The third kappa shape index (κ3) is 4.52. The highest BCUT2D eigenvalue weighted by Gasteiger charge is 2.19. The van der Waals surface area contributed by atoms with Crippen molar-refractivity contribution in [1.29, 1.82) is 0 Å². The smallest absolute Gasteiger partial charge is 0.00939 e. The van der Waals surface area contributed by atoms with E-state index >= 15 is 0 Å². The minimum Gasteiger partial charge on any atom is -0.311 e. The Morgan fingerprint density at radius 1 is 1.20 bits per heavy atom. The lowest BCUT2D eigenvalue weighted by Gasteiger charge is -2.33. The van der Waals surface area contributed by atoms with Crippen LogP contribution in [0.25, 0.3) is 0 Å². The molecule has 2 heteroatoms. The topological polar surface area (TPSA) is 15.3 Å². The SMILES string of the molecule is CCCC(CC)NC1CCN(CC)CC1. The average molecular weight is 212 g/mol. The van der Waals surface area contributed by atoms with Crippen LogP contribution in [0.2, 0.25) is 0 Å². The highest BCUT2D eigenvalue weighted by molar-refractivity contribution is 4.79. The van der Waals surface area contributed by atoms with Gasteiger partial charge in [-0.2, -0.15) is 0 Å². The molecule has 1 rings (SSSR count). The molecule has 1 heterocycles. The average Bonchev–Trinajstić information content (AvgIpc) is 2.29. The van der Waals surface area contributed by atoms with Crippen molar-refractivity contribution in [3.63, 3.8) is 0 Å². The molecule has 0 spiro atoms. The van der Waals surface area contributed by atoms with E-state index in [0.29, 0.717) is 0 Å². The summed E-state index contributed by atoms with van der Waals surface area (Å²) in [5.74, 6) is 0. The van der Waals surface area contributed by atoms with E-state index in [2.05, 4.69) is 31.0 Å². The van der Waals surface area contributed by atoms with Crippen LogP contribution in [0, 0.1) is 0 Å². The lowest BCUT2D eigenvalue weighted by molar-refractivity contribution is 0.196. The summed E-state index contributed by atoms with van der Waals surface area (Å²) in [5.41, 5.74) is 0. The molecule has 15 heavy (non-hydrogen) atoms. The molecule has 0 radical (unpaired) electrons. The van der Waals surface area contributed by atoms with Gasteiger partial charge in [0, 0.05) is 12.1 Å². The third-order valence-electron chi connectivity index (χ3n) is 3.64. The van der Waals surface area contributed by atoms with Crippen LogP contribution >= 0.6 is 0 Å². The first kappa shape index (κ1) is 13.0. The molecule has 1 atom stereocenters. The fourth-order valence-electron chi connectivity index (χ4n) is 2.50. The van der Waals surface area contributed by atoms with Crippen molar-refractivity contribution in [3.8, 4) is 0 Å². The maximum Gasteiger partial charge on any atom is 0.00939 e. The monoisotopic (exact) mass is 212 g/mol. The summed E-state index contributed by atoms with van der Waals surface area (Å²) in [6, 6.07) is 1.54. The van der Waals surface area contributed by atoms with Gasteiger partial charge in [-0.1, -0.05) is 27.2 Å². The van der Waals surface area contributed by atoms with Crippen LogP contribution in [0.15, 0.2) is 0 Å². The first-order chi connectivity index (χ1) is 7.30. The highest BCUT2D eigenvalue weighted by Crippen LogP contribution is 2.12. The van der Waals surface area contributed by atoms with Gasteiger partial charge in [-0.15, -0.1) is 0 Å². The lowest BCUT2D eigenvalue weighted by Crippen LogP contribution is -2.45. The second-order valence-corrected chi connectivity index (χ2v) is 4.77. The van der Waals surface area contributed by atoms with E-state index in [-0.39, 0.29) is 0 Å². The number of nitrogens with zero attached hydrogens (tertiary/aromatic N) is 1. The maximum atomic E-state index is 3.82. The first-order valence-electron chi connectivity index (χ1n) is 6.78. The van der Waals surface area contributed by atoms with E-state index in [1.807, 2.05) is 0 Å². The standard InChI is InChI=1S/C13H28N2/c1-4-7-12(5-2)14-13-8-10-15(6-3)11-9-13/h12-14H,4-11H2,1-3H3. The van der Waals surface area contributed by atoms with Gasteiger partial charge in [0.1, 0.15) is 0 Å². The van der Waals surface area contributed by atoms with Gasteiger partial charge in [-0.25, -0.2) is 0 Å². The molecule has 1 fully saturated rings. The lowest BCUT2D eigenvalue weighted by atomic mass is 10.0. The molecule has 1 saturated heterocycles.